The van der Waals surface area contributed by atoms with Crippen LogP contribution in [-0.2, 0) is 28.2 Å². The lowest BCUT2D eigenvalue weighted by molar-refractivity contribution is -0.126. The van der Waals surface area contributed by atoms with Crippen LogP contribution in [0.3, 0.4) is 0 Å². The van der Waals surface area contributed by atoms with Crippen LogP contribution in [0.15, 0.2) is 78.9 Å². The number of benzene rings is 3. The molecule has 51 heavy (non-hydrogen) atoms. The van der Waals surface area contributed by atoms with Gasteiger partial charge in [-0.1, -0.05) is 93.6 Å². The maximum absolute atomic E-state index is 13.5. The zero-order chi connectivity index (χ0) is 38.2. The van der Waals surface area contributed by atoms with E-state index < -0.39 is 61.3 Å². The highest BCUT2D eigenvalue weighted by Gasteiger charge is 2.50. The summed E-state index contributed by atoms with van der Waals surface area (Å²) in [6, 6.07) is 24.0. The van der Waals surface area contributed by atoms with E-state index in [1.807, 2.05) is 36.4 Å². The number of carbonyl (C=O) groups is 4. The quantitative estimate of drug-likeness (QED) is 0.171. The average Bonchev–Trinajstić information content (AvgIpc) is 3.02. The number of hydrogen-bond acceptors (Lipinski definition) is 9. The number of amides is 3. The molecule has 0 fully saturated rings. The van der Waals surface area contributed by atoms with Gasteiger partial charge in [-0.25, -0.2) is 14.5 Å². The van der Waals surface area contributed by atoms with Crippen LogP contribution in [0.2, 0.25) is 5.04 Å². The standard InChI is InChI=1S/C39H52N2O9Si/c1-27(42)41(35(44)49-37(2,3)4)32-24-18-23-30(34(32)46-11)31(40-33(43)26-47-36(45)50-38(5,6)7)25-48-51(39(8,9)10,28-19-14-12-15-20-28)29-21-16-13-17-22-29/h12-24,31H,25-26H2,1-11H3,(H,40,43)/t31-/m0/s1. The van der Waals surface area contributed by atoms with Gasteiger partial charge in [0.1, 0.15) is 17.0 Å². The van der Waals surface area contributed by atoms with Gasteiger partial charge < -0.3 is 28.7 Å². The van der Waals surface area contributed by atoms with Crippen molar-refractivity contribution in [2.24, 2.45) is 0 Å². The molecule has 0 heterocycles. The Morgan fingerprint density at radius 2 is 1.27 bits per heavy atom. The summed E-state index contributed by atoms with van der Waals surface area (Å²) in [6.45, 7) is 17.1. The van der Waals surface area contributed by atoms with Crippen molar-refractivity contribution in [2.75, 3.05) is 25.2 Å². The molecule has 3 rings (SSSR count). The Kier molecular flexibility index (Phi) is 13.2. The molecule has 0 aliphatic rings. The number of hydrogen-bond donors (Lipinski definition) is 1. The fourth-order valence-electron chi connectivity index (χ4n) is 5.74. The van der Waals surface area contributed by atoms with Crippen molar-refractivity contribution in [1.29, 1.82) is 0 Å². The fourth-order valence-corrected chi connectivity index (χ4v) is 10.3. The molecule has 0 spiro atoms. The largest absolute Gasteiger partial charge is 0.509 e. The molecule has 0 aromatic heterocycles. The van der Waals surface area contributed by atoms with Crippen molar-refractivity contribution >= 4 is 48.4 Å². The van der Waals surface area contributed by atoms with Crippen LogP contribution in [0.1, 0.15) is 80.8 Å². The predicted molar refractivity (Wildman–Crippen MR) is 199 cm³/mol. The summed E-state index contributed by atoms with van der Waals surface area (Å²) in [5, 5.41) is 4.60. The van der Waals surface area contributed by atoms with E-state index >= 15 is 0 Å². The molecule has 3 aromatic carbocycles. The summed E-state index contributed by atoms with van der Waals surface area (Å²) < 4.78 is 29.0. The molecular formula is C39H52N2O9Si. The summed E-state index contributed by atoms with van der Waals surface area (Å²) in [6.07, 6.45) is -1.88. The van der Waals surface area contributed by atoms with E-state index in [1.54, 1.807) is 59.7 Å². The molecule has 0 radical (unpaired) electrons. The van der Waals surface area contributed by atoms with Gasteiger partial charge in [0, 0.05) is 12.5 Å². The van der Waals surface area contributed by atoms with Crippen LogP contribution in [0.4, 0.5) is 15.3 Å². The van der Waals surface area contributed by atoms with E-state index in [-0.39, 0.29) is 18.0 Å². The topological polar surface area (TPSA) is 130 Å². The molecule has 276 valence electrons. The van der Waals surface area contributed by atoms with Crippen molar-refractivity contribution in [3.05, 3.63) is 84.4 Å². The lowest BCUT2D eigenvalue weighted by atomic mass is 10.0. The van der Waals surface area contributed by atoms with Gasteiger partial charge >= 0.3 is 12.2 Å². The normalized spacial score (nSPS) is 12.7. The van der Waals surface area contributed by atoms with Crippen molar-refractivity contribution < 1.29 is 42.6 Å². The second kappa shape index (κ2) is 16.6. The second-order valence-corrected chi connectivity index (χ2v) is 19.4. The molecule has 11 nitrogen and oxygen atoms in total. The van der Waals surface area contributed by atoms with E-state index in [9.17, 15) is 19.2 Å². The SMILES string of the molecule is COc1c([C@H](CO[Si](c2ccccc2)(c2ccccc2)C(C)(C)C)NC(=O)COC(=O)OC(C)(C)C)cccc1N(C(C)=O)C(=O)OC(C)(C)C. The Morgan fingerprint density at radius 3 is 1.73 bits per heavy atom. The number of carbonyl (C=O) groups excluding carboxylic acids is 4. The smallest absolute Gasteiger partial charge is 0.494 e. The number of rotatable bonds is 11. The number of anilines is 1. The third-order valence-corrected chi connectivity index (χ3v) is 12.7. The number of methoxy groups -OCH3 is 1. The minimum atomic E-state index is -3.12. The van der Waals surface area contributed by atoms with Crippen LogP contribution < -0.4 is 25.3 Å². The third kappa shape index (κ3) is 10.7. The third-order valence-electron chi connectivity index (χ3n) is 7.67. The van der Waals surface area contributed by atoms with E-state index in [1.165, 1.54) is 14.0 Å². The number of ether oxygens (including phenoxy) is 4. The lowest BCUT2D eigenvalue weighted by Gasteiger charge is -2.43. The van der Waals surface area contributed by atoms with Gasteiger partial charge in [-0.2, -0.15) is 0 Å². The molecule has 1 N–H and O–H groups in total. The minimum absolute atomic E-state index is 0.0578. The number of nitrogens with zero attached hydrogens (tertiary/aromatic N) is 1. The maximum atomic E-state index is 13.5. The van der Waals surface area contributed by atoms with E-state index in [2.05, 4.69) is 50.4 Å². The molecule has 0 saturated heterocycles. The van der Waals surface area contributed by atoms with Crippen molar-refractivity contribution in [1.82, 2.24) is 5.32 Å². The summed E-state index contributed by atoms with van der Waals surface area (Å²) in [7, 11) is -1.71. The lowest BCUT2D eigenvalue weighted by Crippen LogP contribution is -2.67. The van der Waals surface area contributed by atoms with Crippen LogP contribution in [0.25, 0.3) is 0 Å². The zero-order valence-electron chi connectivity index (χ0n) is 31.6. The van der Waals surface area contributed by atoms with Gasteiger partial charge in [-0.05, 0) is 63.0 Å². The van der Waals surface area contributed by atoms with Crippen molar-refractivity contribution in [3.63, 3.8) is 0 Å². The molecule has 3 aromatic rings. The van der Waals surface area contributed by atoms with Gasteiger partial charge in [-0.3, -0.25) is 9.59 Å². The highest BCUT2D eigenvalue weighted by molar-refractivity contribution is 6.99. The Labute approximate surface area is 302 Å². The van der Waals surface area contributed by atoms with E-state index in [4.69, 9.17) is 23.4 Å². The molecule has 0 unspecified atom stereocenters. The van der Waals surface area contributed by atoms with Gasteiger partial charge in [0.25, 0.3) is 14.2 Å². The van der Waals surface area contributed by atoms with Gasteiger partial charge in [0.2, 0.25) is 5.91 Å². The molecule has 3 amide bonds. The highest BCUT2D eigenvalue weighted by Crippen LogP contribution is 2.40. The Balaban J connectivity index is 2.18. The van der Waals surface area contributed by atoms with Crippen LogP contribution in [-0.4, -0.2) is 63.9 Å². The van der Waals surface area contributed by atoms with E-state index in [0.717, 1.165) is 15.3 Å². The molecule has 1 atom stereocenters. The van der Waals surface area contributed by atoms with Crippen molar-refractivity contribution in [3.8, 4) is 5.75 Å². The predicted octanol–water partition coefficient (Wildman–Crippen LogP) is 6.67. The molecule has 0 saturated carbocycles. The van der Waals surface area contributed by atoms with Crippen molar-refractivity contribution in [2.45, 2.75) is 91.5 Å². The summed E-state index contributed by atoms with van der Waals surface area (Å²) in [5.74, 6) is -1.10. The molecule has 0 aliphatic carbocycles. The summed E-state index contributed by atoms with van der Waals surface area (Å²) in [4.78, 5) is 53.0. The van der Waals surface area contributed by atoms with Gasteiger partial charge in [0.05, 0.1) is 25.4 Å². The van der Waals surface area contributed by atoms with Crippen LogP contribution >= 0.6 is 0 Å². The number of para-hydroxylation sites is 1. The highest BCUT2D eigenvalue weighted by atomic mass is 28.4. The van der Waals surface area contributed by atoms with Crippen LogP contribution in [0, 0.1) is 0 Å². The van der Waals surface area contributed by atoms with Gasteiger partial charge in [0.15, 0.2) is 6.61 Å². The Morgan fingerprint density at radius 1 is 0.745 bits per heavy atom. The minimum Gasteiger partial charge on any atom is -0.494 e. The Hall–Kier alpha value is -4.68. The zero-order valence-corrected chi connectivity index (χ0v) is 32.6. The first-order valence-corrected chi connectivity index (χ1v) is 18.7. The Bertz CT molecular complexity index is 1620. The van der Waals surface area contributed by atoms with Gasteiger partial charge in [-0.15, -0.1) is 0 Å². The number of nitrogens with one attached hydrogen (secondary N) is 1. The first-order valence-electron chi connectivity index (χ1n) is 16.8. The fraction of sp³-hybridized carbons (Fsp3) is 0.436. The second-order valence-electron chi connectivity index (χ2n) is 15.1. The molecule has 12 heteroatoms. The molecule has 0 bridgehead atoms. The summed E-state index contributed by atoms with van der Waals surface area (Å²) in [5.41, 5.74) is -1.17. The van der Waals surface area contributed by atoms with E-state index in [0.29, 0.717) is 5.56 Å². The van der Waals surface area contributed by atoms with Crippen LogP contribution in [0.5, 0.6) is 5.75 Å². The average molecular weight is 721 g/mol. The first kappa shape index (κ1) is 40.7. The summed E-state index contributed by atoms with van der Waals surface area (Å²) >= 11 is 0. The monoisotopic (exact) mass is 720 g/mol. The molecule has 0 aliphatic heterocycles. The maximum Gasteiger partial charge on any atom is 0.509 e. The molecular weight excluding hydrogens is 669 g/mol. The number of imide groups is 1. The first-order chi connectivity index (χ1) is 23.7.